The summed E-state index contributed by atoms with van der Waals surface area (Å²) in [6.07, 6.45) is 5.16. The highest BCUT2D eigenvalue weighted by Crippen LogP contribution is 2.09. The van der Waals surface area contributed by atoms with Gasteiger partial charge in [-0.05, 0) is 12.8 Å². The van der Waals surface area contributed by atoms with Gasteiger partial charge in [-0.2, -0.15) is 0 Å². The van der Waals surface area contributed by atoms with Crippen LogP contribution in [0.25, 0.3) is 0 Å². The van der Waals surface area contributed by atoms with Crippen LogP contribution >= 0.6 is 11.6 Å². The Morgan fingerprint density at radius 2 is 2.00 bits per heavy atom. The monoisotopic (exact) mass is 192 g/mol. The minimum absolute atomic E-state index is 0.410. The zero-order chi connectivity index (χ0) is 8.65. The van der Waals surface area contributed by atoms with Gasteiger partial charge in [0, 0.05) is 12.5 Å². The minimum atomic E-state index is 0.410. The molecular weight excluding hydrogens is 176 g/mol. The van der Waals surface area contributed by atoms with Crippen molar-refractivity contribution < 1.29 is 9.47 Å². The Labute approximate surface area is 79.2 Å². The van der Waals surface area contributed by atoms with Crippen LogP contribution in [0.5, 0.6) is 0 Å². The van der Waals surface area contributed by atoms with Crippen molar-refractivity contribution in [2.24, 2.45) is 0 Å². The third kappa shape index (κ3) is 5.81. The van der Waals surface area contributed by atoms with E-state index in [0.29, 0.717) is 6.10 Å². The standard InChI is InChI=1S/C9H17ClO2/c10-5-3-1-2-4-6-11-7-9-8-12-9/h9H,1-8H2. The Balaban J connectivity index is 1.65. The lowest BCUT2D eigenvalue weighted by Gasteiger charge is -2.00. The highest BCUT2D eigenvalue weighted by molar-refractivity contribution is 6.17. The summed E-state index contributed by atoms with van der Waals surface area (Å²) in [4.78, 5) is 0. The molecule has 0 aliphatic carbocycles. The van der Waals surface area contributed by atoms with E-state index in [4.69, 9.17) is 21.1 Å². The van der Waals surface area contributed by atoms with Crippen molar-refractivity contribution in [3.05, 3.63) is 0 Å². The number of alkyl halides is 1. The number of halogens is 1. The van der Waals surface area contributed by atoms with Crippen molar-refractivity contribution in [3.8, 4) is 0 Å². The lowest BCUT2D eigenvalue weighted by molar-refractivity contribution is 0.113. The molecule has 1 rings (SSSR count). The quantitative estimate of drug-likeness (QED) is 0.334. The number of unbranched alkanes of at least 4 members (excludes halogenated alkanes) is 3. The first-order valence-corrected chi connectivity index (χ1v) is 5.22. The molecule has 12 heavy (non-hydrogen) atoms. The van der Waals surface area contributed by atoms with E-state index < -0.39 is 0 Å². The summed E-state index contributed by atoms with van der Waals surface area (Å²) in [6.45, 7) is 2.56. The van der Waals surface area contributed by atoms with Crippen molar-refractivity contribution in [2.75, 3.05) is 25.7 Å². The molecule has 0 bridgehead atoms. The molecule has 0 spiro atoms. The van der Waals surface area contributed by atoms with E-state index in [2.05, 4.69) is 0 Å². The van der Waals surface area contributed by atoms with Crippen molar-refractivity contribution in [1.82, 2.24) is 0 Å². The third-order valence-electron chi connectivity index (χ3n) is 1.88. The third-order valence-corrected chi connectivity index (χ3v) is 2.15. The van der Waals surface area contributed by atoms with Crippen molar-refractivity contribution in [2.45, 2.75) is 31.8 Å². The number of hydrogen-bond donors (Lipinski definition) is 0. The molecule has 1 fully saturated rings. The van der Waals surface area contributed by atoms with Gasteiger partial charge in [0.15, 0.2) is 0 Å². The maximum Gasteiger partial charge on any atom is 0.104 e. The summed E-state index contributed by atoms with van der Waals surface area (Å²) in [6, 6.07) is 0. The van der Waals surface area contributed by atoms with Gasteiger partial charge in [0.05, 0.1) is 13.2 Å². The molecule has 0 aromatic rings. The molecule has 1 saturated heterocycles. The summed E-state index contributed by atoms with van der Waals surface area (Å²) in [5.41, 5.74) is 0. The smallest absolute Gasteiger partial charge is 0.104 e. The number of hydrogen-bond acceptors (Lipinski definition) is 2. The van der Waals surface area contributed by atoms with Crippen LogP contribution in [-0.2, 0) is 9.47 Å². The molecule has 0 aromatic heterocycles. The van der Waals surface area contributed by atoms with E-state index in [1.54, 1.807) is 0 Å². The average Bonchev–Trinajstić information content (AvgIpc) is 2.87. The first-order chi connectivity index (χ1) is 5.93. The minimum Gasteiger partial charge on any atom is -0.379 e. The fourth-order valence-electron chi connectivity index (χ4n) is 1.03. The fraction of sp³-hybridized carbons (Fsp3) is 1.00. The van der Waals surface area contributed by atoms with Crippen LogP contribution in [0.3, 0.4) is 0 Å². The van der Waals surface area contributed by atoms with Gasteiger partial charge in [0.2, 0.25) is 0 Å². The van der Waals surface area contributed by atoms with Crippen LogP contribution < -0.4 is 0 Å². The molecule has 1 unspecified atom stereocenters. The molecule has 0 saturated carbocycles. The van der Waals surface area contributed by atoms with Crippen molar-refractivity contribution in [3.63, 3.8) is 0 Å². The van der Waals surface area contributed by atoms with Crippen LogP contribution in [0, 0.1) is 0 Å². The SMILES string of the molecule is ClCCCCCCOCC1CO1. The van der Waals surface area contributed by atoms with Gasteiger partial charge < -0.3 is 9.47 Å². The zero-order valence-electron chi connectivity index (χ0n) is 7.43. The largest absolute Gasteiger partial charge is 0.379 e. The lowest BCUT2D eigenvalue weighted by atomic mass is 10.2. The second kappa shape index (κ2) is 6.70. The highest BCUT2D eigenvalue weighted by atomic mass is 35.5. The molecular formula is C9H17ClO2. The van der Waals surface area contributed by atoms with Crippen LogP contribution in [0.2, 0.25) is 0 Å². The first-order valence-electron chi connectivity index (χ1n) is 4.69. The van der Waals surface area contributed by atoms with Crippen molar-refractivity contribution in [1.29, 1.82) is 0 Å². The molecule has 0 amide bonds. The molecule has 1 aliphatic rings. The van der Waals surface area contributed by atoms with E-state index in [1.165, 1.54) is 12.8 Å². The Morgan fingerprint density at radius 3 is 2.67 bits per heavy atom. The first kappa shape index (κ1) is 10.3. The van der Waals surface area contributed by atoms with Gasteiger partial charge in [-0.1, -0.05) is 12.8 Å². The molecule has 3 heteroatoms. The molecule has 0 aromatic carbocycles. The van der Waals surface area contributed by atoms with E-state index in [0.717, 1.165) is 38.5 Å². The predicted molar refractivity (Wildman–Crippen MR) is 49.7 cm³/mol. The molecule has 0 radical (unpaired) electrons. The second-order valence-corrected chi connectivity index (χ2v) is 3.51. The Hall–Kier alpha value is 0.210. The van der Waals surface area contributed by atoms with E-state index >= 15 is 0 Å². The molecule has 1 heterocycles. The summed E-state index contributed by atoms with van der Waals surface area (Å²) >= 11 is 5.54. The topological polar surface area (TPSA) is 21.8 Å². The molecule has 0 N–H and O–H groups in total. The normalized spacial score (nSPS) is 21.2. The Morgan fingerprint density at radius 1 is 1.25 bits per heavy atom. The van der Waals surface area contributed by atoms with Gasteiger partial charge in [-0.25, -0.2) is 0 Å². The van der Waals surface area contributed by atoms with Gasteiger partial charge in [0.1, 0.15) is 6.10 Å². The summed E-state index contributed by atoms with van der Waals surface area (Å²) < 4.78 is 10.4. The van der Waals surface area contributed by atoms with Crippen molar-refractivity contribution >= 4 is 11.6 Å². The van der Waals surface area contributed by atoms with Crippen LogP contribution in [0.1, 0.15) is 25.7 Å². The molecule has 72 valence electrons. The van der Waals surface area contributed by atoms with Gasteiger partial charge in [-0.3, -0.25) is 0 Å². The number of rotatable bonds is 8. The van der Waals surface area contributed by atoms with E-state index in [-0.39, 0.29) is 0 Å². The van der Waals surface area contributed by atoms with E-state index in [1.807, 2.05) is 0 Å². The van der Waals surface area contributed by atoms with Crippen LogP contribution in [-0.4, -0.2) is 31.8 Å². The van der Waals surface area contributed by atoms with Gasteiger partial charge in [-0.15, -0.1) is 11.6 Å². The Kier molecular flexibility index (Phi) is 5.74. The molecule has 2 nitrogen and oxygen atoms in total. The second-order valence-electron chi connectivity index (χ2n) is 3.13. The van der Waals surface area contributed by atoms with E-state index in [9.17, 15) is 0 Å². The van der Waals surface area contributed by atoms with Crippen LogP contribution in [0.15, 0.2) is 0 Å². The highest BCUT2D eigenvalue weighted by Gasteiger charge is 2.21. The maximum atomic E-state index is 5.54. The number of ether oxygens (including phenoxy) is 2. The lowest BCUT2D eigenvalue weighted by Crippen LogP contribution is -2.02. The zero-order valence-corrected chi connectivity index (χ0v) is 8.18. The average molecular weight is 193 g/mol. The summed E-state index contributed by atoms with van der Waals surface area (Å²) in [5, 5.41) is 0. The Bertz CT molecular complexity index is 105. The number of epoxide rings is 1. The summed E-state index contributed by atoms with van der Waals surface area (Å²) in [7, 11) is 0. The molecule has 1 atom stereocenters. The van der Waals surface area contributed by atoms with Gasteiger partial charge >= 0.3 is 0 Å². The maximum absolute atomic E-state index is 5.54. The molecule has 1 aliphatic heterocycles. The van der Waals surface area contributed by atoms with Crippen LogP contribution in [0.4, 0.5) is 0 Å². The fourth-order valence-corrected chi connectivity index (χ4v) is 1.22. The predicted octanol–water partition coefficient (Wildman–Crippen LogP) is 2.20. The summed E-state index contributed by atoms with van der Waals surface area (Å²) in [5.74, 6) is 0.788. The van der Waals surface area contributed by atoms with Gasteiger partial charge in [0.25, 0.3) is 0 Å².